The first-order valence-electron chi connectivity index (χ1n) is 6.82. The Morgan fingerprint density at radius 3 is 2.57 bits per heavy atom. The van der Waals surface area contributed by atoms with E-state index in [2.05, 4.69) is 17.0 Å². The first-order valence-corrected chi connectivity index (χ1v) is 8.68. The summed E-state index contributed by atoms with van der Waals surface area (Å²) in [5, 5.41) is 3.35. The van der Waals surface area contributed by atoms with E-state index in [1.807, 2.05) is 0 Å². The summed E-state index contributed by atoms with van der Waals surface area (Å²) >= 11 is 6.05. The number of benzene rings is 1. The van der Waals surface area contributed by atoms with E-state index in [0.29, 0.717) is 29.4 Å². The Balaban J connectivity index is 2.36. The fraction of sp³-hybridized carbons (Fsp3) is 0.571. The number of nitrogens with one attached hydrogen (secondary N) is 2. The summed E-state index contributed by atoms with van der Waals surface area (Å²) in [5.74, 6) is 0.335. The van der Waals surface area contributed by atoms with E-state index in [4.69, 9.17) is 16.3 Å². The van der Waals surface area contributed by atoms with E-state index < -0.39 is 10.0 Å². The summed E-state index contributed by atoms with van der Waals surface area (Å²) in [6, 6.07) is 3.13. The van der Waals surface area contributed by atoms with Crippen molar-refractivity contribution in [3.05, 3.63) is 22.7 Å². The molecule has 0 spiro atoms. The number of hydrogen-bond acceptors (Lipinski definition) is 4. The molecular weight excluding hydrogens is 312 g/mol. The standard InChI is InChI=1S/C14H21ClN2O3S/c1-14(4-5-14)9-17-21(18,19)12-7-11(15)6-10(8-16-2)13(12)20-3/h6-7,16-17H,4-5,8-9H2,1-3H3. The molecule has 0 aromatic heterocycles. The van der Waals surface area contributed by atoms with Crippen molar-refractivity contribution in [2.45, 2.75) is 31.2 Å². The Kier molecular flexibility index (Phi) is 4.82. The van der Waals surface area contributed by atoms with E-state index in [0.717, 1.165) is 12.8 Å². The lowest BCUT2D eigenvalue weighted by atomic mass is 10.2. The third-order valence-corrected chi connectivity index (χ3v) is 5.37. The van der Waals surface area contributed by atoms with Crippen LogP contribution >= 0.6 is 11.6 Å². The lowest BCUT2D eigenvalue weighted by Gasteiger charge is -2.16. The van der Waals surface area contributed by atoms with Gasteiger partial charge in [0, 0.05) is 23.7 Å². The smallest absolute Gasteiger partial charge is 0.244 e. The molecule has 0 aliphatic heterocycles. The first-order chi connectivity index (χ1) is 9.81. The SMILES string of the molecule is CNCc1cc(Cl)cc(S(=O)(=O)NCC2(C)CC2)c1OC. The van der Waals surface area contributed by atoms with Crippen molar-refractivity contribution in [3.63, 3.8) is 0 Å². The molecule has 1 aromatic carbocycles. The van der Waals surface area contributed by atoms with Crippen LogP contribution in [-0.4, -0.2) is 29.1 Å². The van der Waals surface area contributed by atoms with E-state index in [9.17, 15) is 8.42 Å². The third kappa shape index (κ3) is 3.88. The minimum atomic E-state index is -3.65. The predicted molar refractivity (Wildman–Crippen MR) is 83.3 cm³/mol. The zero-order valence-electron chi connectivity index (χ0n) is 12.5. The summed E-state index contributed by atoms with van der Waals surface area (Å²) in [5.41, 5.74) is 0.803. The van der Waals surface area contributed by atoms with Crippen molar-refractivity contribution in [2.75, 3.05) is 20.7 Å². The lowest BCUT2D eigenvalue weighted by molar-refractivity contribution is 0.395. The molecule has 0 radical (unpaired) electrons. The Labute approximate surface area is 131 Å². The van der Waals surface area contributed by atoms with Crippen LogP contribution in [0.15, 0.2) is 17.0 Å². The second-order valence-corrected chi connectivity index (χ2v) is 7.93. The summed E-state index contributed by atoms with van der Waals surface area (Å²) in [6.45, 7) is 2.98. The Morgan fingerprint density at radius 2 is 2.05 bits per heavy atom. The molecule has 118 valence electrons. The Hall–Kier alpha value is -0.820. The molecule has 21 heavy (non-hydrogen) atoms. The molecule has 1 aromatic rings. The van der Waals surface area contributed by atoms with E-state index in [1.165, 1.54) is 13.2 Å². The highest BCUT2D eigenvalue weighted by Gasteiger charge is 2.38. The van der Waals surface area contributed by atoms with Gasteiger partial charge in [-0.05, 0) is 37.4 Å². The van der Waals surface area contributed by atoms with Crippen LogP contribution in [0.5, 0.6) is 5.75 Å². The maximum Gasteiger partial charge on any atom is 0.244 e. The van der Waals surface area contributed by atoms with Crippen molar-refractivity contribution in [3.8, 4) is 5.75 Å². The average Bonchev–Trinajstić information content (AvgIpc) is 3.15. The molecule has 1 fully saturated rings. The summed E-state index contributed by atoms with van der Waals surface area (Å²) in [6.07, 6.45) is 2.10. The number of halogens is 1. The third-order valence-electron chi connectivity index (χ3n) is 3.75. The molecule has 2 N–H and O–H groups in total. The van der Waals surface area contributed by atoms with E-state index >= 15 is 0 Å². The molecule has 0 unspecified atom stereocenters. The fourth-order valence-electron chi connectivity index (χ4n) is 2.11. The average molecular weight is 333 g/mol. The van der Waals surface area contributed by atoms with Gasteiger partial charge >= 0.3 is 0 Å². The Bertz CT molecular complexity index is 627. The second-order valence-electron chi connectivity index (χ2n) is 5.76. The minimum Gasteiger partial charge on any atom is -0.495 e. The molecule has 0 saturated heterocycles. The molecule has 0 amide bonds. The normalized spacial score (nSPS) is 16.8. The van der Waals surface area contributed by atoms with Crippen molar-refractivity contribution < 1.29 is 13.2 Å². The maximum atomic E-state index is 12.5. The summed E-state index contributed by atoms with van der Waals surface area (Å²) in [4.78, 5) is 0.0898. The van der Waals surface area contributed by atoms with Gasteiger partial charge in [0.1, 0.15) is 10.6 Å². The van der Waals surface area contributed by atoms with Gasteiger partial charge in [0.25, 0.3) is 0 Å². The highest BCUT2D eigenvalue weighted by Crippen LogP contribution is 2.44. The number of ether oxygens (including phenoxy) is 1. The van der Waals surface area contributed by atoms with E-state index in [1.54, 1.807) is 13.1 Å². The number of methoxy groups -OCH3 is 1. The molecule has 0 bridgehead atoms. The summed E-state index contributed by atoms with van der Waals surface area (Å²) in [7, 11) is -0.406. The predicted octanol–water partition coefficient (Wildman–Crippen LogP) is 2.15. The van der Waals surface area contributed by atoms with Crippen LogP contribution in [-0.2, 0) is 16.6 Å². The molecule has 1 aliphatic carbocycles. The van der Waals surface area contributed by atoms with Crippen LogP contribution in [0.3, 0.4) is 0 Å². The second kappa shape index (κ2) is 6.12. The van der Waals surface area contributed by atoms with Gasteiger partial charge in [-0.25, -0.2) is 13.1 Å². The van der Waals surface area contributed by atoms with Crippen LogP contribution in [0.2, 0.25) is 5.02 Å². The number of sulfonamides is 1. The monoisotopic (exact) mass is 332 g/mol. The molecule has 1 aliphatic rings. The van der Waals surface area contributed by atoms with Gasteiger partial charge in [-0.3, -0.25) is 0 Å². The van der Waals surface area contributed by atoms with E-state index in [-0.39, 0.29) is 10.3 Å². The van der Waals surface area contributed by atoms with Crippen LogP contribution in [0, 0.1) is 5.41 Å². The minimum absolute atomic E-state index is 0.0898. The summed E-state index contributed by atoms with van der Waals surface area (Å²) < 4.78 is 33.0. The molecule has 0 heterocycles. The first kappa shape index (κ1) is 16.5. The van der Waals surface area contributed by atoms with Crippen molar-refractivity contribution >= 4 is 21.6 Å². The zero-order valence-corrected chi connectivity index (χ0v) is 14.1. The molecule has 7 heteroatoms. The van der Waals surface area contributed by atoms with Crippen molar-refractivity contribution in [1.29, 1.82) is 0 Å². The van der Waals surface area contributed by atoms with Crippen LogP contribution in [0.1, 0.15) is 25.3 Å². The highest BCUT2D eigenvalue weighted by atomic mass is 35.5. The van der Waals surface area contributed by atoms with Gasteiger partial charge in [-0.15, -0.1) is 0 Å². The molecule has 2 rings (SSSR count). The zero-order chi connectivity index (χ0) is 15.7. The maximum absolute atomic E-state index is 12.5. The quantitative estimate of drug-likeness (QED) is 0.803. The fourth-order valence-corrected chi connectivity index (χ4v) is 3.85. The van der Waals surface area contributed by atoms with Crippen LogP contribution in [0.25, 0.3) is 0 Å². The van der Waals surface area contributed by atoms with Crippen LogP contribution < -0.4 is 14.8 Å². The van der Waals surface area contributed by atoms with Crippen molar-refractivity contribution in [1.82, 2.24) is 10.0 Å². The van der Waals surface area contributed by atoms with Gasteiger partial charge in [0.15, 0.2) is 0 Å². The van der Waals surface area contributed by atoms with Gasteiger partial charge in [-0.1, -0.05) is 18.5 Å². The molecule has 0 atom stereocenters. The largest absolute Gasteiger partial charge is 0.495 e. The van der Waals surface area contributed by atoms with Gasteiger partial charge in [-0.2, -0.15) is 0 Å². The topological polar surface area (TPSA) is 67.4 Å². The van der Waals surface area contributed by atoms with Gasteiger partial charge < -0.3 is 10.1 Å². The van der Waals surface area contributed by atoms with Gasteiger partial charge in [0.2, 0.25) is 10.0 Å². The molecular formula is C14H21ClN2O3S. The van der Waals surface area contributed by atoms with Crippen LogP contribution in [0.4, 0.5) is 0 Å². The lowest BCUT2D eigenvalue weighted by Crippen LogP contribution is -2.29. The Morgan fingerprint density at radius 1 is 1.38 bits per heavy atom. The van der Waals surface area contributed by atoms with Gasteiger partial charge in [0.05, 0.1) is 7.11 Å². The molecule has 1 saturated carbocycles. The van der Waals surface area contributed by atoms with Crippen molar-refractivity contribution in [2.24, 2.45) is 5.41 Å². The molecule has 5 nitrogen and oxygen atoms in total. The number of rotatable bonds is 7. The number of hydrogen-bond donors (Lipinski definition) is 2. The highest BCUT2D eigenvalue weighted by molar-refractivity contribution is 7.89.